The van der Waals surface area contributed by atoms with Gasteiger partial charge in [-0.1, -0.05) is 214 Å². The fourth-order valence-electron chi connectivity index (χ4n) is 13.1. The van der Waals surface area contributed by atoms with Crippen molar-refractivity contribution < 1.29 is 4.42 Å². The van der Waals surface area contributed by atoms with E-state index in [0.29, 0.717) is 0 Å². The summed E-state index contributed by atoms with van der Waals surface area (Å²) in [6.45, 7) is 4.76. The zero-order valence-corrected chi connectivity index (χ0v) is 40.0. The van der Waals surface area contributed by atoms with Crippen LogP contribution in [0.4, 0.5) is 17.1 Å². The third-order valence-corrected chi connectivity index (χ3v) is 16.3. The summed E-state index contributed by atoms with van der Waals surface area (Å²) < 4.78 is 6.67. The molecule has 0 saturated heterocycles. The fourth-order valence-corrected chi connectivity index (χ4v) is 13.1. The van der Waals surface area contributed by atoms with E-state index in [1.807, 2.05) is 0 Å². The zero-order valence-electron chi connectivity index (χ0n) is 40.0. The molecule has 15 rings (SSSR count). The van der Waals surface area contributed by atoms with E-state index in [1.165, 1.54) is 89.0 Å². The smallest absolute Gasteiger partial charge is 0.136 e. The van der Waals surface area contributed by atoms with Crippen molar-refractivity contribution in [3.8, 4) is 66.8 Å². The third-order valence-electron chi connectivity index (χ3n) is 16.3. The van der Waals surface area contributed by atoms with Crippen molar-refractivity contribution in [1.82, 2.24) is 0 Å². The Morgan fingerprint density at radius 1 is 0.292 bits per heavy atom. The Hall–Kier alpha value is -8.98. The molecule has 1 aromatic heterocycles. The van der Waals surface area contributed by atoms with Gasteiger partial charge in [-0.2, -0.15) is 0 Å². The van der Waals surface area contributed by atoms with Crippen molar-refractivity contribution in [2.75, 3.05) is 4.90 Å². The lowest BCUT2D eigenvalue weighted by molar-refractivity contribution is 0.660. The highest BCUT2D eigenvalue weighted by atomic mass is 16.3. The maximum Gasteiger partial charge on any atom is 0.136 e. The number of para-hydroxylation sites is 2. The Kier molecular flexibility index (Phi) is 8.66. The molecule has 1 unspecified atom stereocenters. The Labute approximate surface area is 419 Å². The van der Waals surface area contributed by atoms with Gasteiger partial charge in [0.05, 0.1) is 11.1 Å². The van der Waals surface area contributed by atoms with E-state index in [-0.39, 0.29) is 5.41 Å². The second-order valence-corrected chi connectivity index (χ2v) is 20.3. The molecule has 0 bridgehead atoms. The summed E-state index contributed by atoms with van der Waals surface area (Å²) in [6, 6.07) is 92.8. The highest BCUT2D eigenvalue weighted by Crippen LogP contribution is 2.63. The molecule has 3 aliphatic carbocycles. The molecule has 72 heavy (non-hydrogen) atoms. The van der Waals surface area contributed by atoms with Crippen LogP contribution in [0.25, 0.3) is 88.7 Å². The van der Waals surface area contributed by atoms with Crippen LogP contribution in [0.5, 0.6) is 0 Å². The molecule has 0 fully saturated rings. The summed E-state index contributed by atoms with van der Waals surface area (Å²) in [7, 11) is 0. The van der Waals surface area contributed by atoms with Gasteiger partial charge in [0.25, 0.3) is 0 Å². The average Bonchev–Trinajstić information content (AvgIpc) is 4.00. The van der Waals surface area contributed by atoms with Crippen LogP contribution in [0.1, 0.15) is 47.2 Å². The molecule has 1 atom stereocenters. The summed E-state index contributed by atoms with van der Waals surface area (Å²) in [4.78, 5) is 2.53. The number of hydrogen-bond acceptors (Lipinski definition) is 2. The molecule has 3 aliphatic rings. The summed E-state index contributed by atoms with van der Waals surface area (Å²) in [5.41, 5.74) is 26.7. The standard InChI is InChI=1S/C70H47NO/c1-69(2)60-27-13-8-24-53(60)56-39-37-47(40-63(56)69)71(66-30-16-11-20-49(66)46-34-32-45(33-35-46)44-18-4-3-5-19-44)48-36-38-55-51-22-7-6-21-50(51)52-23-9-14-28-61(52)70(64(55)41-48)62-29-15-10-25-54(62)58-43-68-59(42-65(58)70)57-26-12-17-31-67(57)72-68/h3-43H,1-2H3. The van der Waals surface area contributed by atoms with Gasteiger partial charge in [-0.3, -0.25) is 0 Å². The molecule has 12 aromatic rings. The van der Waals surface area contributed by atoms with Crippen molar-refractivity contribution >= 4 is 39.0 Å². The predicted molar refractivity (Wildman–Crippen MR) is 299 cm³/mol. The van der Waals surface area contributed by atoms with Crippen molar-refractivity contribution in [2.24, 2.45) is 0 Å². The number of fused-ring (bicyclic) bond motifs is 18. The van der Waals surface area contributed by atoms with E-state index < -0.39 is 5.41 Å². The van der Waals surface area contributed by atoms with Crippen LogP contribution in [-0.2, 0) is 10.8 Å². The van der Waals surface area contributed by atoms with Gasteiger partial charge in [0.15, 0.2) is 0 Å². The maximum absolute atomic E-state index is 6.67. The quantitative estimate of drug-likeness (QED) is 0.171. The second-order valence-electron chi connectivity index (χ2n) is 20.3. The van der Waals surface area contributed by atoms with Gasteiger partial charge in [0.2, 0.25) is 0 Å². The van der Waals surface area contributed by atoms with Crippen molar-refractivity contribution in [3.63, 3.8) is 0 Å². The SMILES string of the molecule is CC1(C)c2ccccc2-c2ccc(N(c3ccc4c(c3)C3(c5ccccc5-c5ccccc5-4)c4ccccc4-c4cc5oc6ccccc6c5cc43)c3ccccc3-c3ccc(-c4ccccc4)cc3)cc21. The van der Waals surface area contributed by atoms with E-state index in [9.17, 15) is 0 Å². The van der Waals surface area contributed by atoms with Crippen LogP contribution in [0.3, 0.4) is 0 Å². The second kappa shape index (κ2) is 15.3. The molecule has 11 aromatic carbocycles. The lowest BCUT2D eigenvalue weighted by Crippen LogP contribution is -2.29. The zero-order chi connectivity index (χ0) is 47.7. The summed E-state index contributed by atoms with van der Waals surface area (Å²) in [5.74, 6) is 0. The lowest BCUT2D eigenvalue weighted by Gasteiger charge is -2.37. The van der Waals surface area contributed by atoms with Crippen molar-refractivity contribution in [2.45, 2.75) is 24.7 Å². The van der Waals surface area contributed by atoms with E-state index in [4.69, 9.17) is 4.42 Å². The molecule has 2 nitrogen and oxygen atoms in total. The first-order chi connectivity index (χ1) is 35.5. The van der Waals surface area contributed by atoms with Crippen LogP contribution in [0.2, 0.25) is 0 Å². The Morgan fingerprint density at radius 2 is 0.764 bits per heavy atom. The molecule has 2 heteroatoms. The molecular formula is C70H47NO. The Balaban J connectivity index is 1.04. The molecule has 0 saturated carbocycles. The number of anilines is 3. The van der Waals surface area contributed by atoms with Gasteiger partial charge < -0.3 is 9.32 Å². The normalized spacial score (nSPS) is 15.2. The molecule has 338 valence electrons. The minimum absolute atomic E-state index is 0.189. The molecule has 1 spiro atoms. The molecule has 0 amide bonds. The van der Waals surface area contributed by atoms with Crippen molar-refractivity contribution in [3.05, 3.63) is 282 Å². The lowest BCUT2D eigenvalue weighted by atomic mass is 9.65. The fraction of sp³-hybridized carbons (Fsp3) is 0.0571. The van der Waals surface area contributed by atoms with Crippen LogP contribution >= 0.6 is 0 Å². The average molecular weight is 918 g/mol. The van der Waals surface area contributed by atoms with E-state index in [2.05, 4.69) is 267 Å². The maximum atomic E-state index is 6.67. The van der Waals surface area contributed by atoms with Gasteiger partial charge in [-0.15, -0.1) is 0 Å². The number of furan rings is 1. The Morgan fingerprint density at radius 3 is 1.46 bits per heavy atom. The predicted octanol–water partition coefficient (Wildman–Crippen LogP) is 18.7. The van der Waals surface area contributed by atoms with Crippen LogP contribution in [-0.4, -0.2) is 0 Å². The summed E-state index contributed by atoms with van der Waals surface area (Å²) in [6.07, 6.45) is 0. The van der Waals surface area contributed by atoms with Gasteiger partial charge >= 0.3 is 0 Å². The first-order valence-corrected chi connectivity index (χ1v) is 25.2. The first kappa shape index (κ1) is 40.9. The highest BCUT2D eigenvalue weighted by Gasteiger charge is 2.50. The van der Waals surface area contributed by atoms with Gasteiger partial charge in [-0.25, -0.2) is 0 Å². The highest BCUT2D eigenvalue weighted by molar-refractivity contribution is 6.09. The Bertz CT molecular complexity index is 4190. The molecule has 1 heterocycles. The largest absolute Gasteiger partial charge is 0.456 e. The molecule has 0 N–H and O–H groups in total. The number of nitrogens with zero attached hydrogens (tertiary/aromatic N) is 1. The minimum atomic E-state index is -0.709. The summed E-state index contributed by atoms with van der Waals surface area (Å²) in [5, 5.41) is 2.26. The summed E-state index contributed by atoms with van der Waals surface area (Å²) >= 11 is 0. The molecular weight excluding hydrogens is 871 g/mol. The third kappa shape index (κ3) is 5.66. The van der Waals surface area contributed by atoms with Gasteiger partial charge in [0, 0.05) is 33.1 Å². The molecule has 0 radical (unpaired) electrons. The molecule has 0 aliphatic heterocycles. The van der Waals surface area contributed by atoms with Crippen LogP contribution in [0, 0.1) is 0 Å². The van der Waals surface area contributed by atoms with E-state index in [0.717, 1.165) is 50.1 Å². The van der Waals surface area contributed by atoms with Crippen LogP contribution in [0.15, 0.2) is 253 Å². The minimum Gasteiger partial charge on any atom is -0.456 e. The number of rotatable bonds is 5. The number of benzene rings is 11. The van der Waals surface area contributed by atoms with Crippen molar-refractivity contribution in [1.29, 1.82) is 0 Å². The monoisotopic (exact) mass is 917 g/mol. The van der Waals surface area contributed by atoms with E-state index >= 15 is 0 Å². The number of hydrogen-bond donors (Lipinski definition) is 0. The van der Waals surface area contributed by atoms with E-state index in [1.54, 1.807) is 0 Å². The van der Waals surface area contributed by atoms with Gasteiger partial charge in [0.1, 0.15) is 11.2 Å². The van der Waals surface area contributed by atoms with Crippen LogP contribution < -0.4 is 4.90 Å². The topological polar surface area (TPSA) is 16.4 Å². The van der Waals surface area contributed by atoms with Gasteiger partial charge in [-0.05, 0) is 143 Å². The first-order valence-electron chi connectivity index (χ1n) is 25.2.